The molecule has 1 heterocycles. The standard InChI is InChI=1S/C18H29N5O3S.HI/c1-3-20-18(21-11-5-13-23-12-4-6-17(23)24)22-14-15-7-9-16(10-8-15)27(25,26)19-2;/h7-10,19H,3-6,11-14H2,1-2H3,(H2,20,21,22);1H. The largest absolute Gasteiger partial charge is 0.357 e. The van der Waals surface area contributed by atoms with E-state index in [1.54, 1.807) is 24.3 Å². The van der Waals surface area contributed by atoms with E-state index in [0.29, 0.717) is 18.9 Å². The molecule has 0 saturated carbocycles. The van der Waals surface area contributed by atoms with Crippen molar-refractivity contribution in [2.45, 2.75) is 37.6 Å². The van der Waals surface area contributed by atoms with E-state index in [1.165, 1.54) is 7.05 Å². The number of likely N-dealkylation sites (tertiary alicyclic amines) is 1. The van der Waals surface area contributed by atoms with Crippen LogP contribution in [0.5, 0.6) is 0 Å². The zero-order valence-corrected chi connectivity index (χ0v) is 19.5. The molecule has 1 aliphatic heterocycles. The highest BCUT2D eigenvalue weighted by atomic mass is 127. The van der Waals surface area contributed by atoms with Crippen LogP contribution in [0.25, 0.3) is 0 Å². The molecule has 1 aromatic carbocycles. The molecule has 0 unspecified atom stereocenters. The second-order valence-corrected chi connectivity index (χ2v) is 8.20. The Balaban J connectivity index is 0.00000392. The number of nitrogens with one attached hydrogen (secondary N) is 3. The van der Waals surface area contributed by atoms with E-state index in [9.17, 15) is 13.2 Å². The summed E-state index contributed by atoms with van der Waals surface area (Å²) in [6, 6.07) is 6.67. The zero-order chi connectivity index (χ0) is 19.7. The van der Waals surface area contributed by atoms with Crippen molar-refractivity contribution in [3.63, 3.8) is 0 Å². The fraction of sp³-hybridized carbons (Fsp3) is 0.556. The number of hydrogen-bond acceptors (Lipinski definition) is 4. The molecular weight excluding hydrogens is 493 g/mol. The summed E-state index contributed by atoms with van der Waals surface area (Å²) in [5.41, 5.74) is 0.921. The number of carbonyl (C=O) groups excluding carboxylic acids is 1. The van der Waals surface area contributed by atoms with Crippen molar-refractivity contribution in [1.82, 2.24) is 20.3 Å². The summed E-state index contributed by atoms with van der Waals surface area (Å²) in [4.78, 5) is 18.3. The van der Waals surface area contributed by atoms with Crippen LogP contribution in [0.15, 0.2) is 34.2 Å². The van der Waals surface area contributed by atoms with E-state index in [0.717, 1.165) is 44.6 Å². The molecule has 1 fully saturated rings. The fourth-order valence-electron chi connectivity index (χ4n) is 2.82. The molecule has 0 radical (unpaired) electrons. The van der Waals surface area contributed by atoms with Crippen LogP contribution in [-0.2, 0) is 21.4 Å². The average molecular weight is 523 g/mol. The molecule has 10 heteroatoms. The number of aliphatic imine (C=N–C) groups is 1. The van der Waals surface area contributed by atoms with E-state index in [1.807, 2.05) is 11.8 Å². The second-order valence-electron chi connectivity index (χ2n) is 6.31. The molecular formula is C18H30IN5O3S. The summed E-state index contributed by atoms with van der Waals surface area (Å²) in [5.74, 6) is 0.955. The van der Waals surface area contributed by atoms with Gasteiger partial charge in [0.2, 0.25) is 15.9 Å². The summed E-state index contributed by atoms with van der Waals surface area (Å²) >= 11 is 0. The van der Waals surface area contributed by atoms with Crippen molar-refractivity contribution in [3.8, 4) is 0 Å². The first-order valence-electron chi connectivity index (χ1n) is 9.28. The molecule has 8 nitrogen and oxygen atoms in total. The predicted molar refractivity (Wildman–Crippen MR) is 121 cm³/mol. The number of carbonyl (C=O) groups is 1. The van der Waals surface area contributed by atoms with Gasteiger partial charge in [-0.1, -0.05) is 12.1 Å². The van der Waals surface area contributed by atoms with Crippen molar-refractivity contribution in [2.75, 3.05) is 33.2 Å². The number of guanidine groups is 1. The van der Waals surface area contributed by atoms with Gasteiger partial charge in [-0.3, -0.25) is 4.79 Å². The number of amides is 1. The summed E-state index contributed by atoms with van der Waals surface area (Å²) in [6.07, 6.45) is 2.50. The molecule has 28 heavy (non-hydrogen) atoms. The third kappa shape index (κ3) is 7.55. The van der Waals surface area contributed by atoms with Crippen LogP contribution in [0.1, 0.15) is 31.7 Å². The minimum Gasteiger partial charge on any atom is -0.357 e. The van der Waals surface area contributed by atoms with Gasteiger partial charge in [0, 0.05) is 32.6 Å². The van der Waals surface area contributed by atoms with Gasteiger partial charge in [-0.05, 0) is 44.5 Å². The van der Waals surface area contributed by atoms with Gasteiger partial charge in [0.05, 0.1) is 11.4 Å². The van der Waals surface area contributed by atoms with Crippen LogP contribution in [0.4, 0.5) is 0 Å². The van der Waals surface area contributed by atoms with E-state index in [4.69, 9.17) is 0 Å². The number of nitrogens with zero attached hydrogens (tertiary/aromatic N) is 2. The van der Waals surface area contributed by atoms with Crippen LogP contribution in [0.2, 0.25) is 0 Å². The molecule has 0 spiro atoms. The van der Waals surface area contributed by atoms with Crippen molar-refractivity contribution >= 4 is 45.9 Å². The van der Waals surface area contributed by atoms with Crippen molar-refractivity contribution < 1.29 is 13.2 Å². The molecule has 1 aliphatic rings. The molecule has 0 bridgehead atoms. The Kier molecular flexibility index (Phi) is 10.8. The van der Waals surface area contributed by atoms with Gasteiger partial charge in [-0.25, -0.2) is 18.1 Å². The first-order valence-corrected chi connectivity index (χ1v) is 10.8. The normalized spacial score (nSPS) is 14.7. The lowest BCUT2D eigenvalue weighted by molar-refractivity contribution is -0.127. The number of rotatable bonds is 9. The van der Waals surface area contributed by atoms with Gasteiger partial charge in [0.25, 0.3) is 0 Å². The maximum absolute atomic E-state index is 11.7. The molecule has 0 aromatic heterocycles. The smallest absolute Gasteiger partial charge is 0.240 e. The Morgan fingerprint density at radius 2 is 1.93 bits per heavy atom. The second kappa shape index (κ2) is 12.2. The highest BCUT2D eigenvalue weighted by Gasteiger charge is 2.18. The fourth-order valence-corrected chi connectivity index (χ4v) is 3.55. The predicted octanol–water partition coefficient (Wildman–Crippen LogP) is 1.28. The molecule has 2 rings (SSSR count). The van der Waals surface area contributed by atoms with Crippen LogP contribution in [0, 0.1) is 0 Å². The number of benzene rings is 1. The number of hydrogen-bond donors (Lipinski definition) is 3. The summed E-state index contributed by atoms with van der Waals surface area (Å²) in [6.45, 7) is 5.56. The molecule has 0 aliphatic carbocycles. The van der Waals surface area contributed by atoms with Crippen molar-refractivity contribution in [1.29, 1.82) is 0 Å². The van der Waals surface area contributed by atoms with E-state index in [-0.39, 0.29) is 34.8 Å². The van der Waals surface area contributed by atoms with E-state index < -0.39 is 10.0 Å². The minimum absolute atomic E-state index is 0. The topological polar surface area (TPSA) is 103 Å². The average Bonchev–Trinajstić information content (AvgIpc) is 3.08. The molecule has 3 N–H and O–H groups in total. The lowest BCUT2D eigenvalue weighted by Gasteiger charge is -2.16. The molecule has 1 saturated heterocycles. The lowest BCUT2D eigenvalue weighted by atomic mass is 10.2. The van der Waals surface area contributed by atoms with Crippen molar-refractivity contribution in [2.24, 2.45) is 4.99 Å². The third-order valence-corrected chi connectivity index (χ3v) is 5.77. The van der Waals surface area contributed by atoms with Crippen molar-refractivity contribution in [3.05, 3.63) is 29.8 Å². The monoisotopic (exact) mass is 523 g/mol. The molecule has 0 atom stereocenters. The Labute approximate surface area is 184 Å². The van der Waals surface area contributed by atoms with Crippen LogP contribution >= 0.6 is 24.0 Å². The Morgan fingerprint density at radius 3 is 2.50 bits per heavy atom. The first-order chi connectivity index (χ1) is 13.0. The van der Waals surface area contributed by atoms with E-state index in [2.05, 4.69) is 20.3 Å². The highest BCUT2D eigenvalue weighted by Crippen LogP contribution is 2.11. The number of halogens is 1. The lowest BCUT2D eigenvalue weighted by Crippen LogP contribution is -2.39. The van der Waals surface area contributed by atoms with Gasteiger partial charge < -0.3 is 15.5 Å². The maximum Gasteiger partial charge on any atom is 0.240 e. The molecule has 1 amide bonds. The molecule has 158 valence electrons. The third-order valence-electron chi connectivity index (χ3n) is 4.33. The minimum atomic E-state index is -3.42. The van der Waals surface area contributed by atoms with Crippen LogP contribution in [-0.4, -0.2) is 58.4 Å². The van der Waals surface area contributed by atoms with E-state index >= 15 is 0 Å². The highest BCUT2D eigenvalue weighted by molar-refractivity contribution is 14.0. The Bertz CT molecular complexity index is 753. The van der Waals surface area contributed by atoms with Crippen LogP contribution in [0.3, 0.4) is 0 Å². The Hall–Kier alpha value is -1.40. The Morgan fingerprint density at radius 1 is 1.21 bits per heavy atom. The maximum atomic E-state index is 11.7. The van der Waals surface area contributed by atoms with Gasteiger partial charge in [0.1, 0.15) is 0 Å². The summed E-state index contributed by atoms with van der Waals surface area (Å²) < 4.78 is 25.8. The first kappa shape index (κ1) is 24.6. The van der Waals surface area contributed by atoms with Crippen LogP contribution < -0.4 is 15.4 Å². The van der Waals surface area contributed by atoms with Gasteiger partial charge in [0.15, 0.2) is 5.96 Å². The van der Waals surface area contributed by atoms with Gasteiger partial charge in [-0.2, -0.15) is 0 Å². The number of sulfonamides is 1. The summed E-state index contributed by atoms with van der Waals surface area (Å²) in [5, 5.41) is 6.46. The SMILES string of the molecule is CCNC(=NCc1ccc(S(=O)(=O)NC)cc1)NCCCN1CCCC1=O.I. The summed E-state index contributed by atoms with van der Waals surface area (Å²) in [7, 11) is -2.03. The molecule has 1 aromatic rings. The zero-order valence-electron chi connectivity index (χ0n) is 16.4. The van der Waals surface area contributed by atoms with Gasteiger partial charge >= 0.3 is 0 Å². The van der Waals surface area contributed by atoms with Gasteiger partial charge in [-0.15, -0.1) is 24.0 Å². The quantitative estimate of drug-likeness (QED) is 0.196.